The maximum atomic E-state index is 5.55. The zero-order valence-corrected chi connectivity index (χ0v) is 24.6. The molecule has 0 rings (SSSR count). The number of ether oxygens (including phenoxy) is 10. The molecule has 10 nitrogen and oxygen atoms in total. The average Bonchev–Trinajstić information content (AvgIpc) is 2.91. The SMILES string of the molecule is CCCCCCCOCCOCCOCCOCCOCCOCCOCCOCCOCCOC(C)C. The van der Waals surface area contributed by atoms with Crippen LogP contribution in [0.3, 0.4) is 0 Å². The Labute approximate surface area is 232 Å². The van der Waals surface area contributed by atoms with Gasteiger partial charge in [-0.3, -0.25) is 0 Å². The fourth-order valence-corrected chi connectivity index (χ4v) is 3.01. The first-order valence-electron chi connectivity index (χ1n) is 14.6. The molecule has 0 heterocycles. The third-order valence-corrected chi connectivity index (χ3v) is 5.05. The maximum absolute atomic E-state index is 5.55. The summed E-state index contributed by atoms with van der Waals surface area (Å²) in [6.07, 6.45) is 6.54. The fourth-order valence-electron chi connectivity index (χ4n) is 3.01. The minimum absolute atomic E-state index is 0.238. The van der Waals surface area contributed by atoms with Gasteiger partial charge in [0.25, 0.3) is 0 Å². The van der Waals surface area contributed by atoms with Crippen LogP contribution in [-0.2, 0) is 47.4 Å². The van der Waals surface area contributed by atoms with E-state index >= 15 is 0 Å². The molecule has 0 aliphatic carbocycles. The molecule has 0 unspecified atom stereocenters. The molecule has 38 heavy (non-hydrogen) atoms. The van der Waals surface area contributed by atoms with Crippen LogP contribution < -0.4 is 0 Å². The summed E-state index contributed by atoms with van der Waals surface area (Å²) in [5, 5.41) is 0. The van der Waals surface area contributed by atoms with Crippen LogP contribution in [0.15, 0.2) is 0 Å². The molecule has 0 atom stereocenters. The first-order chi connectivity index (χ1) is 18.8. The minimum Gasteiger partial charge on any atom is -0.379 e. The van der Waals surface area contributed by atoms with Gasteiger partial charge < -0.3 is 47.4 Å². The summed E-state index contributed by atoms with van der Waals surface area (Å²) in [6, 6.07) is 0. The molecule has 0 spiro atoms. The van der Waals surface area contributed by atoms with Crippen LogP contribution in [-0.4, -0.2) is 132 Å². The van der Waals surface area contributed by atoms with Crippen LogP contribution in [0.4, 0.5) is 0 Å². The van der Waals surface area contributed by atoms with Crippen molar-refractivity contribution in [2.45, 2.75) is 59.0 Å². The second-order valence-corrected chi connectivity index (χ2v) is 8.85. The second kappa shape index (κ2) is 34.6. The van der Waals surface area contributed by atoms with Crippen molar-refractivity contribution in [1.82, 2.24) is 0 Å². The molecule has 0 bridgehead atoms. The Morgan fingerprint density at radius 3 is 0.868 bits per heavy atom. The first-order valence-corrected chi connectivity index (χ1v) is 14.6. The van der Waals surface area contributed by atoms with Crippen LogP contribution in [0.2, 0.25) is 0 Å². The van der Waals surface area contributed by atoms with Crippen molar-refractivity contribution >= 4 is 0 Å². The molecule has 0 amide bonds. The summed E-state index contributed by atoms with van der Waals surface area (Å²) >= 11 is 0. The van der Waals surface area contributed by atoms with Crippen LogP contribution in [0, 0.1) is 0 Å². The molecule has 0 aromatic carbocycles. The Kier molecular flexibility index (Phi) is 34.3. The van der Waals surface area contributed by atoms with Gasteiger partial charge in [-0.05, 0) is 20.3 Å². The van der Waals surface area contributed by atoms with E-state index in [4.69, 9.17) is 47.4 Å². The van der Waals surface area contributed by atoms with E-state index in [2.05, 4.69) is 6.92 Å². The molecule has 0 aromatic rings. The van der Waals surface area contributed by atoms with Crippen molar-refractivity contribution in [2.75, 3.05) is 126 Å². The van der Waals surface area contributed by atoms with Crippen molar-refractivity contribution < 1.29 is 47.4 Å². The van der Waals surface area contributed by atoms with E-state index in [0.717, 1.165) is 13.0 Å². The van der Waals surface area contributed by atoms with Crippen molar-refractivity contribution in [3.63, 3.8) is 0 Å². The summed E-state index contributed by atoms with van der Waals surface area (Å²) < 4.78 is 54.6. The third-order valence-electron chi connectivity index (χ3n) is 5.05. The zero-order chi connectivity index (χ0) is 27.6. The number of unbranched alkanes of at least 4 members (excludes halogenated alkanes) is 4. The molecule has 230 valence electrons. The lowest BCUT2D eigenvalue weighted by atomic mass is 10.2. The maximum Gasteiger partial charge on any atom is 0.0703 e. The van der Waals surface area contributed by atoms with Gasteiger partial charge in [0.05, 0.1) is 125 Å². The highest BCUT2D eigenvalue weighted by Crippen LogP contribution is 2.02. The summed E-state index contributed by atoms with van der Waals surface area (Å²) in [6.45, 7) is 17.2. The van der Waals surface area contributed by atoms with E-state index < -0.39 is 0 Å². The Morgan fingerprint density at radius 2 is 0.579 bits per heavy atom. The summed E-state index contributed by atoms with van der Waals surface area (Å²) in [4.78, 5) is 0. The highest BCUT2D eigenvalue weighted by Gasteiger charge is 1.96. The quantitative estimate of drug-likeness (QED) is 0.110. The molecule has 0 aliphatic heterocycles. The van der Waals surface area contributed by atoms with E-state index in [1.807, 2.05) is 13.8 Å². The van der Waals surface area contributed by atoms with Gasteiger partial charge in [0.2, 0.25) is 0 Å². The number of rotatable bonds is 34. The van der Waals surface area contributed by atoms with Gasteiger partial charge in [-0.25, -0.2) is 0 Å². The summed E-state index contributed by atoms with van der Waals surface area (Å²) in [7, 11) is 0. The van der Waals surface area contributed by atoms with Crippen molar-refractivity contribution in [3.05, 3.63) is 0 Å². The van der Waals surface area contributed by atoms with E-state index in [-0.39, 0.29) is 6.10 Å². The third kappa shape index (κ3) is 35.6. The van der Waals surface area contributed by atoms with E-state index in [0.29, 0.717) is 119 Å². The average molecular weight is 555 g/mol. The number of hydrogen-bond acceptors (Lipinski definition) is 10. The number of hydrogen-bond donors (Lipinski definition) is 0. The van der Waals surface area contributed by atoms with Crippen LogP contribution in [0.25, 0.3) is 0 Å². The molecule has 0 saturated heterocycles. The highest BCUT2D eigenvalue weighted by atomic mass is 16.6. The first kappa shape index (κ1) is 37.6. The van der Waals surface area contributed by atoms with Crippen LogP contribution in [0.5, 0.6) is 0 Å². The van der Waals surface area contributed by atoms with Crippen LogP contribution >= 0.6 is 0 Å². The highest BCUT2D eigenvalue weighted by molar-refractivity contribution is 4.42. The lowest BCUT2D eigenvalue weighted by molar-refractivity contribution is -0.0279. The second-order valence-electron chi connectivity index (χ2n) is 8.85. The summed E-state index contributed by atoms with van der Waals surface area (Å²) in [5.41, 5.74) is 0. The summed E-state index contributed by atoms with van der Waals surface area (Å²) in [5.74, 6) is 0. The largest absolute Gasteiger partial charge is 0.379 e. The fraction of sp³-hybridized carbons (Fsp3) is 1.00. The standard InChI is InChI=1S/C28H58O10/c1-4-5-6-7-8-9-29-10-11-30-12-13-31-14-15-32-16-17-33-18-19-34-20-21-35-22-23-36-24-25-37-26-27-38-28(2)3/h28H,4-27H2,1-3H3. The Hall–Kier alpha value is -0.400. The van der Waals surface area contributed by atoms with Gasteiger partial charge in [0.1, 0.15) is 0 Å². The molecule has 0 fully saturated rings. The van der Waals surface area contributed by atoms with Gasteiger partial charge in [-0.15, -0.1) is 0 Å². The normalized spacial score (nSPS) is 11.7. The Bertz CT molecular complexity index is 415. The van der Waals surface area contributed by atoms with Gasteiger partial charge in [-0.2, -0.15) is 0 Å². The van der Waals surface area contributed by atoms with Crippen molar-refractivity contribution in [3.8, 4) is 0 Å². The van der Waals surface area contributed by atoms with Crippen molar-refractivity contribution in [2.24, 2.45) is 0 Å². The molecular formula is C28H58O10. The molecular weight excluding hydrogens is 496 g/mol. The molecule has 0 aromatic heterocycles. The molecule has 0 saturated carbocycles. The Balaban J connectivity index is 3.02. The topological polar surface area (TPSA) is 92.3 Å². The molecule has 0 radical (unpaired) electrons. The molecule has 10 heteroatoms. The minimum atomic E-state index is 0.238. The Morgan fingerprint density at radius 1 is 0.316 bits per heavy atom. The van der Waals surface area contributed by atoms with E-state index in [1.165, 1.54) is 25.7 Å². The lowest BCUT2D eigenvalue weighted by Gasteiger charge is -2.09. The lowest BCUT2D eigenvalue weighted by Crippen LogP contribution is -2.15. The van der Waals surface area contributed by atoms with Crippen LogP contribution in [0.1, 0.15) is 52.9 Å². The van der Waals surface area contributed by atoms with Gasteiger partial charge in [0.15, 0.2) is 0 Å². The van der Waals surface area contributed by atoms with Gasteiger partial charge >= 0.3 is 0 Å². The monoisotopic (exact) mass is 554 g/mol. The smallest absolute Gasteiger partial charge is 0.0703 e. The van der Waals surface area contributed by atoms with Gasteiger partial charge in [-0.1, -0.05) is 32.6 Å². The van der Waals surface area contributed by atoms with Crippen molar-refractivity contribution in [1.29, 1.82) is 0 Å². The molecule has 0 N–H and O–H groups in total. The van der Waals surface area contributed by atoms with Gasteiger partial charge in [0, 0.05) is 6.61 Å². The predicted molar refractivity (Wildman–Crippen MR) is 147 cm³/mol. The molecule has 0 aliphatic rings. The predicted octanol–water partition coefficient (Wildman–Crippen LogP) is 3.53. The van der Waals surface area contributed by atoms with E-state index in [1.54, 1.807) is 0 Å². The van der Waals surface area contributed by atoms with E-state index in [9.17, 15) is 0 Å². The zero-order valence-electron chi connectivity index (χ0n) is 24.6.